The summed E-state index contributed by atoms with van der Waals surface area (Å²) in [6, 6.07) is 3.62. The number of hydrogen-bond acceptors (Lipinski definition) is 7. The summed E-state index contributed by atoms with van der Waals surface area (Å²) in [6.07, 6.45) is 7.00. The molecule has 7 nitrogen and oxygen atoms in total. The molecule has 0 radical (unpaired) electrons. The molecule has 0 amide bonds. The Morgan fingerprint density at radius 1 is 1.25 bits per heavy atom. The molecule has 0 unspecified atom stereocenters. The zero-order chi connectivity index (χ0) is 19.7. The zero-order valence-electron chi connectivity index (χ0n) is 15.5. The first-order valence-corrected chi connectivity index (χ1v) is 10.3. The van der Waals surface area contributed by atoms with Crippen molar-refractivity contribution >= 4 is 40.1 Å². The van der Waals surface area contributed by atoms with Gasteiger partial charge in [0, 0.05) is 18.0 Å². The van der Waals surface area contributed by atoms with Gasteiger partial charge >= 0.3 is 0 Å². The Bertz CT molecular complexity index is 1050. The van der Waals surface area contributed by atoms with Gasteiger partial charge in [-0.05, 0) is 36.9 Å². The van der Waals surface area contributed by atoms with Gasteiger partial charge in [-0.25, -0.2) is 15.0 Å². The number of benzene rings is 1. The van der Waals surface area contributed by atoms with E-state index in [-0.39, 0.29) is 11.0 Å². The van der Waals surface area contributed by atoms with Gasteiger partial charge in [0.2, 0.25) is 0 Å². The van der Waals surface area contributed by atoms with Crippen molar-refractivity contribution in [3.05, 3.63) is 46.2 Å². The third-order valence-corrected chi connectivity index (χ3v) is 6.81. The molecule has 9 heteroatoms. The molecule has 3 N–H and O–H groups in total. The second kappa shape index (κ2) is 7.69. The first kappa shape index (κ1) is 19.2. The van der Waals surface area contributed by atoms with E-state index in [9.17, 15) is 4.79 Å². The molecule has 146 valence electrons. The fourth-order valence-electron chi connectivity index (χ4n) is 3.30. The number of H-pyrrole nitrogens is 1. The normalized spacial score (nSPS) is 16.5. The molecule has 0 atom stereocenters. The molecular weight excluding hydrogens is 396 g/mol. The standard InChI is InChI=1S/C19H21ClN6OS/c1-19(10-21)4-6-26(7-5-19)14-8-23-15(9-22-14)28-13-3-2-12-16(17(13)20)18(27)25-11-24-12/h2-3,8-9,11H,4-7,10,21H2,1H3,(H,24,25,27). The van der Waals surface area contributed by atoms with Crippen LogP contribution in [0.5, 0.6) is 0 Å². The van der Waals surface area contributed by atoms with Crippen LogP contribution in [0.3, 0.4) is 0 Å². The number of nitrogens with two attached hydrogens (primary N) is 1. The molecule has 1 aromatic carbocycles. The van der Waals surface area contributed by atoms with Crippen LogP contribution >= 0.6 is 23.4 Å². The zero-order valence-corrected chi connectivity index (χ0v) is 17.1. The summed E-state index contributed by atoms with van der Waals surface area (Å²) in [7, 11) is 0. The first-order chi connectivity index (χ1) is 13.5. The van der Waals surface area contributed by atoms with E-state index in [4.69, 9.17) is 17.3 Å². The smallest absolute Gasteiger partial charge is 0.260 e. The third kappa shape index (κ3) is 3.72. The fourth-order valence-corrected chi connectivity index (χ4v) is 4.42. The molecule has 1 fully saturated rings. The Morgan fingerprint density at radius 3 is 2.71 bits per heavy atom. The highest BCUT2D eigenvalue weighted by Gasteiger charge is 2.29. The molecule has 0 bridgehead atoms. The molecule has 3 heterocycles. The number of nitrogens with one attached hydrogen (secondary N) is 1. The summed E-state index contributed by atoms with van der Waals surface area (Å²) >= 11 is 7.82. The molecule has 0 saturated carbocycles. The molecule has 0 spiro atoms. The Balaban J connectivity index is 1.51. The van der Waals surface area contributed by atoms with Crippen molar-refractivity contribution in [2.45, 2.75) is 29.7 Å². The summed E-state index contributed by atoms with van der Waals surface area (Å²) in [6.45, 7) is 4.82. The van der Waals surface area contributed by atoms with E-state index in [2.05, 4.69) is 31.8 Å². The summed E-state index contributed by atoms with van der Waals surface area (Å²) in [5, 5.41) is 1.48. The van der Waals surface area contributed by atoms with Crippen LogP contribution in [0.4, 0.5) is 5.82 Å². The van der Waals surface area contributed by atoms with Gasteiger partial charge in [-0.3, -0.25) is 4.79 Å². The third-order valence-electron chi connectivity index (χ3n) is 5.33. The highest BCUT2D eigenvalue weighted by Crippen LogP contribution is 2.36. The molecule has 0 aliphatic carbocycles. The van der Waals surface area contributed by atoms with Crippen LogP contribution < -0.4 is 16.2 Å². The number of aromatic nitrogens is 4. The van der Waals surface area contributed by atoms with Crippen LogP contribution in [0, 0.1) is 5.41 Å². The maximum Gasteiger partial charge on any atom is 0.260 e. The molecular formula is C19H21ClN6OS. The van der Waals surface area contributed by atoms with Gasteiger partial charge in [-0.1, -0.05) is 30.3 Å². The second-order valence-electron chi connectivity index (χ2n) is 7.32. The van der Waals surface area contributed by atoms with E-state index in [1.807, 2.05) is 6.07 Å². The lowest BCUT2D eigenvalue weighted by molar-refractivity contribution is 0.258. The quantitative estimate of drug-likeness (QED) is 0.673. The predicted octanol–water partition coefficient (Wildman–Crippen LogP) is 3.08. The Kier molecular flexibility index (Phi) is 5.27. The van der Waals surface area contributed by atoms with Crippen LogP contribution in [-0.2, 0) is 0 Å². The van der Waals surface area contributed by atoms with Gasteiger partial charge in [0.05, 0.1) is 34.6 Å². The maximum absolute atomic E-state index is 12.1. The Hall–Kier alpha value is -2.16. The second-order valence-corrected chi connectivity index (χ2v) is 8.76. The van der Waals surface area contributed by atoms with Crippen molar-refractivity contribution < 1.29 is 0 Å². The van der Waals surface area contributed by atoms with Gasteiger partial charge < -0.3 is 15.6 Å². The summed E-state index contributed by atoms with van der Waals surface area (Å²) < 4.78 is 0. The Morgan fingerprint density at radius 2 is 2.04 bits per heavy atom. The Labute approximate surface area is 171 Å². The van der Waals surface area contributed by atoms with Gasteiger partial charge in [0.25, 0.3) is 5.56 Å². The van der Waals surface area contributed by atoms with Crippen LogP contribution in [0.2, 0.25) is 5.02 Å². The summed E-state index contributed by atoms with van der Waals surface area (Å²) in [5.74, 6) is 0.869. The number of rotatable bonds is 4. The number of anilines is 1. The number of hydrogen-bond donors (Lipinski definition) is 2. The van der Waals surface area contributed by atoms with Crippen LogP contribution in [0.15, 0.2) is 45.6 Å². The largest absolute Gasteiger partial charge is 0.355 e. The summed E-state index contributed by atoms with van der Waals surface area (Å²) in [4.78, 5) is 30.8. The van der Waals surface area contributed by atoms with E-state index in [0.29, 0.717) is 27.5 Å². The lowest BCUT2D eigenvalue weighted by atomic mass is 9.80. The highest BCUT2D eigenvalue weighted by atomic mass is 35.5. The van der Waals surface area contributed by atoms with Gasteiger partial charge in [-0.2, -0.15) is 0 Å². The average molecular weight is 417 g/mol. The number of aromatic amines is 1. The summed E-state index contributed by atoms with van der Waals surface area (Å²) in [5.41, 5.74) is 6.41. The van der Waals surface area contributed by atoms with Crippen molar-refractivity contribution in [1.82, 2.24) is 19.9 Å². The van der Waals surface area contributed by atoms with Crippen molar-refractivity contribution in [2.24, 2.45) is 11.1 Å². The monoisotopic (exact) mass is 416 g/mol. The van der Waals surface area contributed by atoms with E-state index < -0.39 is 0 Å². The lowest BCUT2D eigenvalue weighted by Crippen LogP contribution is -2.42. The molecule has 3 aromatic rings. The molecule has 1 aliphatic rings. The molecule has 1 saturated heterocycles. The van der Waals surface area contributed by atoms with E-state index in [0.717, 1.165) is 36.6 Å². The number of piperidine rings is 1. The van der Waals surface area contributed by atoms with Gasteiger partial charge in [-0.15, -0.1) is 0 Å². The fraction of sp³-hybridized carbons (Fsp3) is 0.368. The first-order valence-electron chi connectivity index (χ1n) is 9.10. The molecule has 1 aliphatic heterocycles. The molecule has 2 aromatic heterocycles. The van der Waals surface area contributed by atoms with Gasteiger partial charge in [0.15, 0.2) is 0 Å². The number of halogens is 1. The average Bonchev–Trinajstić information content (AvgIpc) is 2.71. The minimum Gasteiger partial charge on any atom is -0.355 e. The van der Waals surface area contributed by atoms with Crippen molar-refractivity contribution in [1.29, 1.82) is 0 Å². The lowest BCUT2D eigenvalue weighted by Gasteiger charge is -2.39. The van der Waals surface area contributed by atoms with Crippen LogP contribution in [0.1, 0.15) is 19.8 Å². The van der Waals surface area contributed by atoms with Crippen LogP contribution in [0.25, 0.3) is 10.9 Å². The molecule has 28 heavy (non-hydrogen) atoms. The van der Waals surface area contributed by atoms with E-state index >= 15 is 0 Å². The van der Waals surface area contributed by atoms with Crippen molar-refractivity contribution in [3.8, 4) is 0 Å². The molecule has 4 rings (SSSR count). The predicted molar refractivity (Wildman–Crippen MR) is 112 cm³/mol. The van der Waals surface area contributed by atoms with Crippen molar-refractivity contribution in [2.75, 3.05) is 24.5 Å². The van der Waals surface area contributed by atoms with Crippen molar-refractivity contribution in [3.63, 3.8) is 0 Å². The topological polar surface area (TPSA) is 101 Å². The van der Waals surface area contributed by atoms with Gasteiger partial charge in [0.1, 0.15) is 10.8 Å². The highest BCUT2D eigenvalue weighted by molar-refractivity contribution is 7.99. The minimum absolute atomic E-state index is 0.221. The van der Waals surface area contributed by atoms with E-state index in [1.54, 1.807) is 18.5 Å². The minimum atomic E-state index is -0.256. The van der Waals surface area contributed by atoms with E-state index in [1.165, 1.54) is 18.1 Å². The maximum atomic E-state index is 12.1. The number of fused-ring (bicyclic) bond motifs is 1. The SMILES string of the molecule is CC1(CN)CCN(c2cnc(Sc3ccc4nc[nH]c(=O)c4c3Cl)cn2)CC1. The number of nitrogens with zero attached hydrogens (tertiary/aromatic N) is 4. The van der Waals surface area contributed by atoms with Crippen LogP contribution in [-0.4, -0.2) is 39.6 Å².